The second-order valence-corrected chi connectivity index (χ2v) is 7.58. The molecular weight excluding hydrogens is 347 g/mol. The number of hydrogen-bond acceptors (Lipinski definition) is 4. The largest absolute Gasteiger partial charge is 0.345 e. The van der Waals surface area contributed by atoms with Gasteiger partial charge in [0.25, 0.3) is 5.91 Å². The van der Waals surface area contributed by atoms with Gasteiger partial charge < -0.3 is 5.32 Å². The summed E-state index contributed by atoms with van der Waals surface area (Å²) in [5.41, 5.74) is 0.513. The van der Waals surface area contributed by atoms with Gasteiger partial charge in [-0.05, 0) is 48.5 Å². The maximum Gasteiger partial charge on any atom is 0.251 e. The first kappa shape index (κ1) is 18.8. The van der Waals surface area contributed by atoms with Crippen LogP contribution in [0.3, 0.4) is 0 Å². The lowest BCUT2D eigenvalue weighted by molar-refractivity contribution is 0.0904. The minimum atomic E-state index is -3.57. The highest BCUT2D eigenvalue weighted by Gasteiger charge is 2.17. The van der Waals surface area contributed by atoms with Gasteiger partial charge in [-0.3, -0.25) is 9.59 Å². The van der Waals surface area contributed by atoms with Crippen molar-refractivity contribution in [1.29, 1.82) is 0 Å². The van der Waals surface area contributed by atoms with Crippen molar-refractivity contribution in [3.8, 4) is 0 Å². The number of Topliss-reactive ketones (excluding diaryl/α,β-unsaturated/α-hetero) is 1. The first-order chi connectivity index (χ1) is 11.7. The molecule has 2 aromatic carbocycles. The Morgan fingerprint density at radius 2 is 1.48 bits per heavy atom. The third-order valence-electron chi connectivity index (χ3n) is 3.47. The van der Waals surface area contributed by atoms with Crippen LogP contribution in [0.1, 0.15) is 20.7 Å². The maximum atomic E-state index is 12.8. The van der Waals surface area contributed by atoms with Crippen LogP contribution in [0.25, 0.3) is 0 Å². The number of benzene rings is 2. The van der Waals surface area contributed by atoms with E-state index in [9.17, 15) is 22.4 Å². The number of carbonyl (C=O) groups excluding carboxylic acids is 2. The van der Waals surface area contributed by atoms with Crippen LogP contribution in [0.4, 0.5) is 4.39 Å². The standard InChI is InChI=1S/C17H17FN2O4S/c1-20(2)25(23,24)15-9-5-13(6-10-15)17(22)19-11-16(21)12-3-7-14(18)8-4-12/h3-10H,11H2,1-2H3,(H,19,22). The average molecular weight is 364 g/mol. The first-order valence-electron chi connectivity index (χ1n) is 7.31. The second-order valence-electron chi connectivity index (χ2n) is 5.42. The number of nitrogens with one attached hydrogen (secondary N) is 1. The van der Waals surface area contributed by atoms with Gasteiger partial charge in [0.2, 0.25) is 10.0 Å². The van der Waals surface area contributed by atoms with Gasteiger partial charge in [0.15, 0.2) is 5.78 Å². The zero-order chi connectivity index (χ0) is 18.6. The highest BCUT2D eigenvalue weighted by molar-refractivity contribution is 7.89. The van der Waals surface area contributed by atoms with E-state index in [1.807, 2.05) is 0 Å². The van der Waals surface area contributed by atoms with E-state index in [1.165, 1.54) is 62.6 Å². The van der Waals surface area contributed by atoms with E-state index in [2.05, 4.69) is 5.32 Å². The van der Waals surface area contributed by atoms with Crippen molar-refractivity contribution in [2.24, 2.45) is 0 Å². The van der Waals surface area contributed by atoms with E-state index < -0.39 is 21.7 Å². The maximum absolute atomic E-state index is 12.8. The number of ketones is 1. The summed E-state index contributed by atoms with van der Waals surface area (Å²) < 4.78 is 37.8. The Labute approximate surface area is 145 Å². The van der Waals surface area contributed by atoms with E-state index in [1.54, 1.807) is 0 Å². The van der Waals surface area contributed by atoms with Crippen LogP contribution in [-0.4, -0.2) is 45.1 Å². The topological polar surface area (TPSA) is 83.6 Å². The van der Waals surface area contributed by atoms with Crippen LogP contribution in [-0.2, 0) is 10.0 Å². The number of amides is 1. The highest BCUT2D eigenvalue weighted by Crippen LogP contribution is 2.14. The minimum absolute atomic E-state index is 0.0661. The third kappa shape index (κ3) is 4.49. The monoisotopic (exact) mass is 364 g/mol. The Morgan fingerprint density at radius 1 is 0.960 bits per heavy atom. The van der Waals surface area contributed by atoms with Gasteiger partial charge in [-0.15, -0.1) is 0 Å². The summed E-state index contributed by atoms with van der Waals surface area (Å²) in [6.07, 6.45) is 0. The molecule has 0 saturated heterocycles. The van der Waals surface area contributed by atoms with Gasteiger partial charge in [0.1, 0.15) is 5.82 Å². The molecule has 0 saturated carbocycles. The van der Waals surface area contributed by atoms with Crippen LogP contribution in [0, 0.1) is 5.82 Å². The number of sulfonamides is 1. The summed E-state index contributed by atoms with van der Waals surface area (Å²) in [7, 11) is -0.740. The Balaban J connectivity index is 2.01. The van der Waals surface area contributed by atoms with Gasteiger partial charge in [0.05, 0.1) is 11.4 Å². The van der Waals surface area contributed by atoms with E-state index in [4.69, 9.17) is 0 Å². The molecule has 0 bridgehead atoms. The minimum Gasteiger partial charge on any atom is -0.345 e. The number of hydrogen-bond donors (Lipinski definition) is 1. The number of halogens is 1. The van der Waals surface area contributed by atoms with E-state index >= 15 is 0 Å². The molecule has 0 fully saturated rings. The molecule has 0 aromatic heterocycles. The van der Waals surface area contributed by atoms with E-state index in [-0.39, 0.29) is 28.4 Å². The Kier molecular flexibility index (Phi) is 5.66. The summed E-state index contributed by atoms with van der Waals surface area (Å²) in [5.74, 6) is -1.32. The zero-order valence-corrected chi connectivity index (χ0v) is 14.5. The van der Waals surface area contributed by atoms with Crippen molar-refractivity contribution < 1.29 is 22.4 Å². The third-order valence-corrected chi connectivity index (χ3v) is 5.30. The van der Waals surface area contributed by atoms with Gasteiger partial charge >= 0.3 is 0 Å². The molecule has 0 aliphatic heterocycles. The lowest BCUT2D eigenvalue weighted by Crippen LogP contribution is -2.29. The van der Waals surface area contributed by atoms with Crippen molar-refractivity contribution >= 4 is 21.7 Å². The smallest absolute Gasteiger partial charge is 0.251 e. The SMILES string of the molecule is CN(C)S(=O)(=O)c1ccc(C(=O)NCC(=O)c2ccc(F)cc2)cc1. The molecule has 0 aliphatic rings. The van der Waals surface area contributed by atoms with Crippen molar-refractivity contribution in [2.75, 3.05) is 20.6 Å². The van der Waals surface area contributed by atoms with Gasteiger partial charge in [0, 0.05) is 25.2 Å². The van der Waals surface area contributed by atoms with Crippen molar-refractivity contribution in [2.45, 2.75) is 4.90 Å². The molecule has 1 N–H and O–H groups in total. The Bertz CT molecular complexity index is 876. The molecule has 0 atom stereocenters. The summed E-state index contributed by atoms with van der Waals surface area (Å²) in [4.78, 5) is 24.0. The molecule has 132 valence electrons. The van der Waals surface area contributed by atoms with Gasteiger partial charge in [-0.25, -0.2) is 17.1 Å². The van der Waals surface area contributed by atoms with Crippen molar-refractivity contribution in [3.05, 3.63) is 65.5 Å². The van der Waals surface area contributed by atoms with Gasteiger partial charge in [-0.1, -0.05) is 0 Å². The average Bonchev–Trinajstić information content (AvgIpc) is 2.60. The molecule has 0 aliphatic carbocycles. The first-order valence-corrected chi connectivity index (χ1v) is 8.75. The van der Waals surface area contributed by atoms with Crippen LogP contribution < -0.4 is 5.32 Å². The Hall–Kier alpha value is -2.58. The fraction of sp³-hybridized carbons (Fsp3) is 0.176. The molecular formula is C17H17FN2O4S. The summed E-state index contributed by atoms with van der Waals surface area (Å²) in [5, 5.41) is 2.45. The van der Waals surface area contributed by atoms with Crippen LogP contribution in [0.15, 0.2) is 53.4 Å². The fourth-order valence-electron chi connectivity index (χ4n) is 1.99. The molecule has 8 heteroatoms. The quantitative estimate of drug-likeness (QED) is 0.791. The second kappa shape index (κ2) is 7.54. The van der Waals surface area contributed by atoms with E-state index in [0.717, 1.165) is 4.31 Å². The van der Waals surface area contributed by atoms with Crippen molar-refractivity contribution in [1.82, 2.24) is 9.62 Å². The molecule has 25 heavy (non-hydrogen) atoms. The lowest BCUT2D eigenvalue weighted by atomic mass is 10.1. The molecule has 6 nitrogen and oxygen atoms in total. The molecule has 0 unspecified atom stereocenters. The molecule has 0 heterocycles. The van der Waals surface area contributed by atoms with Gasteiger partial charge in [-0.2, -0.15) is 0 Å². The summed E-state index contributed by atoms with van der Waals surface area (Å²) in [6, 6.07) is 10.4. The Morgan fingerprint density at radius 3 is 2.00 bits per heavy atom. The zero-order valence-electron chi connectivity index (χ0n) is 13.7. The molecule has 0 radical (unpaired) electrons. The van der Waals surface area contributed by atoms with E-state index in [0.29, 0.717) is 0 Å². The molecule has 2 rings (SSSR count). The van der Waals surface area contributed by atoms with Crippen LogP contribution >= 0.6 is 0 Å². The van der Waals surface area contributed by atoms with Crippen molar-refractivity contribution in [3.63, 3.8) is 0 Å². The predicted molar refractivity (Wildman–Crippen MR) is 90.4 cm³/mol. The predicted octanol–water partition coefficient (Wildman–Crippen LogP) is 1.69. The number of rotatable bonds is 6. The number of carbonyl (C=O) groups is 2. The summed E-state index contributed by atoms with van der Waals surface area (Å²) >= 11 is 0. The normalized spacial score (nSPS) is 11.4. The van der Waals surface area contributed by atoms with Crippen LogP contribution in [0.2, 0.25) is 0 Å². The van der Waals surface area contributed by atoms with Crippen LogP contribution in [0.5, 0.6) is 0 Å². The molecule has 1 amide bonds. The number of nitrogens with zero attached hydrogens (tertiary/aromatic N) is 1. The highest BCUT2D eigenvalue weighted by atomic mass is 32.2. The summed E-state index contributed by atoms with van der Waals surface area (Å²) in [6.45, 7) is -0.248. The molecule has 2 aromatic rings. The fourth-order valence-corrected chi connectivity index (χ4v) is 2.89. The lowest BCUT2D eigenvalue weighted by Gasteiger charge is -2.11. The molecule has 0 spiro atoms.